The summed E-state index contributed by atoms with van der Waals surface area (Å²) >= 11 is 7.02. The smallest absolute Gasteiger partial charge is 0.168 e. The Labute approximate surface area is 241 Å². The monoisotopic (exact) mass is 582 g/mol. The Hall–Kier alpha value is -1.49. The minimum atomic E-state index is -0.0739. The van der Waals surface area contributed by atoms with E-state index in [0.29, 0.717) is 5.78 Å². The second-order valence-corrected chi connectivity index (χ2v) is 14.7. The molecule has 0 amide bonds. The molecule has 0 aliphatic carbocycles. The van der Waals surface area contributed by atoms with Gasteiger partial charge in [-0.2, -0.15) is 0 Å². The largest absolute Gasteiger partial charge is 0.296 e. The molecule has 0 bridgehead atoms. The SMILES string of the molecule is O=C(C(CSc1nc2ccccc2s1)N1CCCCC1)C(CSc1nc2ccccc2s1)N1CCCCC1. The standard InChI is InChI=1S/C29H34N4OS4/c34-27(23(32-15-7-1-8-16-32)19-35-28-30-21-11-3-5-13-25(21)37-28)24(33-17-9-2-10-18-33)20-36-29-31-22-12-4-6-14-26(22)38-29/h3-6,11-14,23-24H,1-2,7-10,15-20H2. The maximum Gasteiger partial charge on any atom is 0.168 e. The lowest BCUT2D eigenvalue weighted by molar-refractivity contribution is -0.128. The van der Waals surface area contributed by atoms with Crippen LogP contribution >= 0.6 is 46.2 Å². The van der Waals surface area contributed by atoms with Crippen LogP contribution in [0.15, 0.2) is 57.2 Å². The van der Waals surface area contributed by atoms with Crippen molar-refractivity contribution in [3.63, 3.8) is 0 Å². The van der Waals surface area contributed by atoms with Gasteiger partial charge in [-0.05, 0) is 76.1 Å². The predicted octanol–water partition coefficient (Wildman–Crippen LogP) is 7.07. The second-order valence-electron chi connectivity index (χ2n) is 10.1. The number of likely N-dealkylation sites (tertiary alicyclic amines) is 2. The molecule has 200 valence electrons. The van der Waals surface area contributed by atoms with Crippen LogP contribution in [-0.4, -0.2) is 75.3 Å². The van der Waals surface area contributed by atoms with Crippen LogP contribution in [0, 0.1) is 0 Å². The third kappa shape index (κ3) is 6.29. The fourth-order valence-corrected chi connectivity index (χ4v) is 10.0. The number of carbonyl (C=O) groups excluding carboxylic acids is 1. The third-order valence-electron chi connectivity index (χ3n) is 7.60. The fourth-order valence-electron chi connectivity index (χ4n) is 5.54. The van der Waals surface area contributed by atoms with E-state index in [2.05, 4.69) is 46.2 Å². The number of nitrogens with zero attached hydrogens (tertiary/aromatic N) is 4. The summed E-state index contributed by atoms with van der Waals surface area (Å²) in [5, 5.41) is 0. The van der Waals surface area contributed by atoms with Crippen LogP contribution in [0.1, 0.15) is 38.5 Å². The predicted molar refractivity (Wildman–Crippen MR) is 164 cm³/mol. The molecule has 2 aromatic heterocycles. The van der Waals surface area contributed by atoms with Crippen molar-refractivity contribution < 1.29 is 4.79 Å². The molecule has 2 atom stereocenters. The van der Waals surface area contributed by atoms with Gasteiger partial charge in [0.05, 0.1) is 32.5 Å². The van der Waals surface area contributed by atoms with E-state index in [-0.39, 0.29) is 12.1 Å². The molecule has 2 unspecified atom stereocenters. The molecule has 9 heteroatoms. The maximum absolute atomic E-state index is 14.5. The normalized spacial score (nSPS) is 19.2. The van der Waals surface area contributed by atoms with Gasteiger partial charge < -0.3 is 0 Å². The number of ketones is 1. The molecule has 38 heavy (non-hydrogen) atoms. The molecule has 0 spiro atoms. The van der Waals surface area contributed by atoms with Crippen molar-refractivity contribution in [3.05, 3.63) is 48.5 Å². The van der Waals surface area contributed by atoms with E-state index in [1.807, 2.05) is 12.1 Å². The van der Waals surface area contributed by atoms with Gasteiger partial charge in [0.15, 0.2) is 14.5 Å². The van der Waals surface area contributed by atoms with Crippen LogP contribution in [-0.2, 0) is 4.79 Å². The van der Waals surface area contributed by atoms with Gasteiger partial charge in [-0.3, -0.25) is 14.6 Å². The molecule has 0 radical (unpaired) electrons. The van der Waals surface area contributed by atoms with Gasteiger partial charge in [-0.15, -0.1) is 22.7 Å². The number of carbonyl (C=O) groups is 1. The Kier molecular flexibility index (Phi) is 8.99. The lowest BCUT2D eigenvalue weighted by atomic mass is 9.99. The second kappa shape index (κ2) is 12.8. The first-order chi connectivity index (χ1) is 18.7. The van der Waals surface area contributed by atoms with Gasteiger partial charge >= 0.3 is 0 Å². The summed E-state index contributed by atoms with van der Waals surface area (Å²) < 4.78 is 4.57. The van der Waals surface area contributed by atoms with E-state index < -0.39 is 0 Å². The number of thioether (sulfide) groups is 2. The van der Waals surface area contributed by atoms with Crippen molar-refractivity contribution in [3.8, 4) is 0 Å². The third-order valence-corrected chi connectivity index (χ3v) is 12.1. The lowest BCUT2D eigenvalue weighted by Crippen LogP contribution is -2.55. The first-order valence-corrected chi connectivity index (χ1v) is 17.3. The van der Waals surface area contributed by atoms with Crippen LogP contribution in [0.4, 0.5) is 0 Å². The quantitative estimate of drug-likeness (QED) is 0.185. The van der Waals surface area contributed by atoms with Crippen LogP contribution in [0.3, 0.4) is 0 Å². The first-order valence-electron chi connectivity index (χ1n) is 13.7. The van der Waals surface area contributed by atoms with Crippen LogP contribution in [0.5, 0.6) is 0 Å². The molecule has 5 nitrogen and oxygen atoms in total. The average Bonchev–Trinajstić information content (AvgIpc) is 3.58. The van der Waals surface area contributed by atoms with E-state index in [1.165, 1.54) is 47.9 Å². The molecular weight excluding hydrogens is 549 g/mol. The summed E-state index contributed by atoms with van der Waals surface area (Å²) in [6.45, 7) is 4.09. The molecule has 2 aliphatic heterocycles. The molecule has 2 saturated heterocycles. The Balaban J connectivity index is 1.22. The highest BCUT2D eigenvalue weighted by atomic mass is 32.2. The van der Waals surface area contributed by atoms with Crippen LogP contribution in [0.25, 0.3) is 20.4 Å². The van der Waals surface area contributed by atoms with E-state index in [9.17, 15) is 4.79 Å². The van der Waals surface area contributed by atoms with E-state index in [0.717, 1.165) is 57.4 Å². The summed E-state index contributed by atoms with van der Waals surface area (Å²) in [4.78, 5) is 29.1. The summed E-state index contributed by atoms with van der Waals surface area (Å²) in [6, 6.07) is 16.5. The zero-order valence-electron chi connectivity index (χ0n) is 21.6. The number of hydrogen-bond donors (Lipinski definition) is 0. The number of thiazole rings is 2. The van der Waals surface area contributed by atoms with Crippen molar-refractivity contribution in [2.75, 3.05) is 37.7 Å². The van der Waals surface area contributed by atoms with Gasteiger partial charge in [-0.1, -0.05) is 60.6 Å². The Bertz CT molecular complexity index is 1190. The number of aromatic nitrogens is 2. The van der Waals surface area contributed by atoms with Gasteiger partial charge in [-0.25, -0.2) is 9.97 Å². The molecule has 2 fully saturated rings. The highest BCUT2D eigenvalue weighted by Crippen LogP contribution is 2.33. The minimum Gasteiger partial charge on any atom is -0.296 e. The van der Waals surface area contributed by atoms with Crippen molar-refractivity contribution in [1.29, 1.82) is 0 Å². The van der Waals surface area contributed by atoms with Crippen LogP contribution in [0.2, 0.25) is 0 Å². The highest BCUT2D eigenvalue weighted by Gasteiger charge is 2.36. The molecule has 2 aliphatic rings. The topological polar surface area (TPSA) is 49.3 Å². The van der Waals surface area contributed by atoms with Crippen LogP contribution < -0.4 is 0 Å². The molecule has 6 rings (SSSR count). The molecule has 2 aromatic carbocycles. The fraction of sp³-hybridized carbons (Fsp3) is 0.483. The summed E-state index contributed by atoms with van der Waals surface area (Å²) in [6.07, 6.45) is 7.28. The lowest BCUT2D eigenvalue weighted by Gasteiger charge is -2.39. The van der Waals surface area contributed by atoms with Crippen molar-refractivity contribution in [2.24, 2.45) is 0 Å². The summed E-state index contributed by atoms with van der Waals surface area (Å²) in [5.41, 5.74) is 2.11. The summed E-state index contributed by atoms with van der Waals surface area (Å²) in [7, 11) is 0. The van der Waals surface area contributed by atoms with E-state index in [4.69, 9.17) is 9.97 Å². The minimum absolute atomic E-state index is 0.0739. The first kappa shape index (κ1) is 26.7. The van der Waals surface area contributed by atoms with Crippen molar-refractivity contribution >= 4 is 72.4 Å². The average molecular weight is 583 g/mol. The maximum atomic E-state index is 14.5. The molecule has 4 aromatic rings. The van der Waals surface area contributed by atoms with Crippen molar-refractivity contribution in [2.45, 2.75) is 59.3 Å². The number of fused-ring (bicyclic) bond motifs is 2. The van der Waals surface area contributed by atoms with E-state index in [1.54, 1.807) is 46.2 Å². The van der Waals surface area contributed by atoms with Gasteiger partial charge in [0.2, 0.25) is 0 Å². The number of piperidine rings is 2. The Morgan fingerprint density at radius 1 is 0.684 bits per heavy atom. The molecule has 0 N–H and O–H groups in total. The van der Waals surface area contributed by atoms with Gasteiger partial charge in [0.1, 0.15) is 0 Å². The zero-order valence-corrected chi connectivity index (χ0v) is 24.9. The number of para-hydroxylation sites is 2. The Morgan fingerprint density at radius 2 is 1.11 bits per heavy atom. The Morgan fingerprint density at radius 3 is 1.53 bits per heavy atom. The highest BCUT2D eigenvalue weighted by molar-refractivity contribution is 8.01. The number of Topliss-reactive ketones (excluding diaryl/α,β-unsaturated/α-hetero) is 1. The van der Waals surface area contributed by atoms with Crippen molar-refractivity contribution in [1.82, 2.24) is 19.8 Å². The van der Waals surface area contributed by atoms with E-state index >= 15 is 0 Å². The number of benzene rings is 2. The molecule has 4 heterocycles. The number of rotatable bonds is 10. The molecular formula is C29H34N4OS4. The van der Waals surface area contributed by atoms with Gasteiger partial charge in [0.25, 0.3) is 0 Å². The molecule has 0 saturated carbocycles. The number of hydrogen-bond acceptors (Lipinski definition) is 9. The van der Waals surface area contributed by atoms with Gasteiger partial charge in [0, 0.05) is 11.5 Å². The summed E-state index contributed by atoms with van der Waals surface area (Å²) in [5.74, 6) is 1.94. The zero-order chi connectivity index (χ0) is 25.7.